The summed E-state index contributed by atoms with van der Waals surface area (Å²) in [6.07, 6.45) is 0.0831. The first-order valence-corrected chi connectivity index (χ1v) is 7.70. The number of aromatic amines is 1. The highest BCUT2D eigenvalue weighted by Crippen LogP contribution is 2.36. The average Bonchev–Trinajstić information content (AvgIpc) is 2.79. The maximum Gasteiger partial charge on any atom is 0.351 e. The van der Waals surface area contributed by atoms with Gasteiger partial charge in [-0.25, -0.2) is 4.79 Å². The molecule has 3 N–H and O–H groups in total. The number of rotatable bonds is 4. The van der Waals surface area contributed by atoms with E-state index in [4.69, 9.17) is 19.3 Å². The molecule has 2 atom stereocenters. The quantitative estimate of drug-likeness (QED) is 0.647. The number of hydrogen-bond donors (Lipinski definition) is 3. The van der Waals surface area contributed by atoms with Crippen LogP contribution in [0.25, 0.3) is 0 Å². The fourth-order valence-corrected chi connectivity index (χ4v) is 2.26. The third-order valence-electron chi connectivity index (χ3n) is 2.84. The van der Waals surface area contributed by atoms with Gasteiger partial charge in [-0.15, -0.1) is 0 Å². The lowest BCUT2D eigenvalue weighted by molar-refractivity contribution is -0.142. The summed E-state index contributed by atoms with van der Waals surface area (Å²) in [6, 6.07) is 0. The Bertz CT molecular complexity index is 646. The molecule has 1 aromatic heterocycles. The van der Waals surface area contributed by atoms with Crippen LogP contribution in [-0.2, 0) is 14.0 Å². The van der Waals surface area contributed by atoms with Gasteiger partial charge in [0, 0.05) is 18.2 Å². The second-order valence-corrected chi connectivity index (χ2v) is 6.12. The van der Waals surface area contributed by atoms with Crippen LogP contribution in [0.4, 0.5) is 0 Å². The Kier molecular flexibility index (Phi) is 4.26. The van der Waals surface area contributed by atoms with E-state index < -0.39 is 37.7 Å². The monoisotopic (exact) mass is 306 g/mol. The molecule has 1 aliphatic rings. The molecule has 0 aliphatic carbocycles. The zero-order chi connectivity index (χ0) is 14.9. The number of aryl methyl sites for hydroxylation is 1. The van der Waals surface area contributed by atoms with Gasteiger partial charge in [-0.3, -0.25) is 18.9 Å². The van der Waals surface area contributed by atoms with Crippen molar-refractivity contribution in [2.24, 2.45) is 0 Å². The molecular formula is C10H15N2O7P. The maximum atomic E-state index is 11.7. The van der Waals surface area contributed by atoms with Crippen molar-refractivity contribution in [3.05, 3.63) is 32.6 Å². The SMILES string of the molecule is Cc1cn([C@H]2CC[C@@H](OCP(=O)(O)O)O2)c(=O)[nH]c1=O. The number of aromatic nitrogens is 2. The van der Waals surface area contributed by atoms with Gasteiger partial charge < -0.3 is 19.3 Å². The van der Waals surface area contributed by atoms with Gasteiger partial charge in [-0.1, -0.05) is 0 Å². The Balaban J connectivity index is 2.06. The fraction of sp³-hybridized carbons (Fsp3) is 0.600. The molecule has 0 aromatic carbocycles. The molecule has 0 spiro atoms. The van der Waals surface area contributed by atoms with Gasteiger partial charge in [0.2, 0.25) is 0 Å². The average molecular weight is 306 g/mol. The molecule has 1 saturated heterocycles. The molecule has 0 amide bonds. The van der Waals surface area contributed by atoms with Crippen LogP contribution < -0.4 is 11.2 Å². The van der Waals surface area contributed by atoms with E-state index in [9.17, 15) is 14.2 Å². The van der Waals surface area contributed by atoms with E-state index in [0.29, 0.717) is 18.4 Å². The van der Waals surface area contributed by atoms with E-state index in [1.807, 2.05) is 0 Å². The van der Waals surface area contributed by atoms with Crippen LogP contribution in [0.2, 0.25) is 0 Å². The summed E-state index contributed by atoms with van der Waals surface area (Å²) < 4.78 is 22.3. The lowest BCUT2D eigenvalue weighted by Gasteiger charge is -2.16. The number of ether oxygens (including phenoxy) is 2. The van der Waals surface area contributed by atoms with Crippen molar-refractivity contribution in [2.45, 2.75) is 32.3 Å². The van der Waals surface area contributed by atoms with Crippen LogP contribution >= 0.6 is 7.60 Å². The number of hydrogen-bond acceptors (Lipinski definition) is 5. The molecule has 20 heavy (non-hydrogen) atoms. The number of nitrogens with one attached hydrogen (secondary N) is 1. The molecule has 1 aromatic rings. The van der Waals surface area contributed by atoms with Gasteiger partial charge in [-0.2, -0.15) is 0 Å². The zero-order valence-corrected chi connectivity index (χ0v) is 11.6. The molecular weight excluding hydrogens is 291 g/mol. The van der Waals surface area contributed by atoms with Crippen LogP contribution in [0, 0.1) is 6.92 Å². The summed E-state index contributed by atoms with van der Waals surface area (Å²) in [6.45, 7) is 1.56. The minimum Gasteiger partial charge on any atom is -0.340 e. The summed E-state index contributed by atoms with van der Waals surface area (Å²) in [4.78, 5) is 42.5. The van der Waals surface area contributed by atoms with Gasteiger partial charge in [0.15, 0.2) is 12.6 Å². The zero-order valence-electron chi connectivity index (χ0n) is 10.7. The van der Waals surface area contributed by atoms with Gasteiger partial charge >= 0.3 is 13.3 Å². The van der Waals surface area contributed by atoms with Crippen LogP contribution in [0.3, 0.4) is 0 Å². The molecule has 1 aliphatic heterocycles. The van der Waals surface area contributed by atoms with Crippen molar-refractivity contribution >= 4 is 7.60 Å². The molecule has 9 nitrogen and oxygen atoms in total. The first kappa shape index (κ1) is 15.1. The molecule has 0 unspecified atom stereocenters. The Morgan fingerprint density at radius 1 is 1.50 bits per heavy atom. The molecule has 1 fully saturated rings. The number of H-pyrrole nitrogens is 1. The smallest absolute Gasteiger partial charge is 0.340 e. The standard InChI is InChI=1S/C10H15N2O7P/c1-6-4-12(10(14)11-9(6)13)7-2-3-8(19-7)18-5-20(15,16)17/h4,7-8H,2-3,5H2,1H3,(H,11,13,14)(H2,15,16,17)/t7-,8+/m1/s1. The highest BCUT2D eigenvalue weighted by Gasteiger charge is 2.29. The number of nitrogens with zero attached hydrogens (tertiary/aromatic N) is 1. The topological polar surface area (TPSA) is 131 Å². The van der Waals surface area contributed by atoms with Crippen molar-refractivity contribution < 1.29 is 23.8 Å². The Labute approximate surface area is 113 Å². The van der Waals surface area contributed by atoms with Gasteiger partial charge in [0.1, 0.15) is 6.23 Å². The largest absolute Gasteiger partial charge is 0.351 e. The Hall–Kier alpha value is -1.25. The third-order valence-corrected chi connectivity index (χ3v) is 3.33. The minimum atomic E-state index is -4.25. The van der Waals surface area contributed by atoms with Gasteiger partial charge in [0.25, 0.3) is 5.56 Å². The van der Waals surface area contributed by atoms with E-state index in [1.54, 1.807) is 6.92 Å². The highest BCUT2D eigenvalue weighted by atomic mass is 31.2. The van der Waals surface area contributed by atoms with Crippen LogP contribution in [0.15, 0.2) is 15.8 Å². The first-order valence-electron chi connectivity index (χ1n) is 5.90. The van der Waals surface area contributed by atoms with Crippen molar-refractivity contribution in [1.82, 2.24) is 9.55 Å². The molecule has 112 valence electrons. The second kappa shape index (κ2) is 5.63. The molecule has 2 rings (SSSR count). The van der Waals surface area contributed by atoms with E-state index in [1.165, 1.54) is 10.8 Å². The lowest BCUT2D eigenvalue weighted by Crippen LogP contribution is -2.33. The van der Waals surface area contributed by atoms with E-state index >= 15 is 0 Å². The van der Waals surface area contributed by atoms with Gasteiger partial charge in [-0.05, 0) is 13.3 Å². The normalized spacial score (nSPS) is 23.1. The molecule has 0 radical (unpaired) electrons. The Morgan fingerprint density at radius 2 is 2.20 bits per heavy atom. The van der Waals surface area contributed by atoms with Crippen molar-refractivity contribution in [2.75, 3.05) is 6.35 Å². The Morgan fingerprint density at radius 3 is 2.85 bits per heavy atom. The fourth-order valence-electron chi connectivity index (χ4n) is 1.90. The van der Waals surface area contributed by atoms with Crippen LogP contribution in [0.1, 0.15) is 24.6 Å². The maximum absolute atomic E-state index is 11.7. The minimum absolute atomic E-state index is 0.368. The lowest BCUT2D eigenvalue weighted by atomic mass is 10.3. The molecule has 2 heterocycles. The van der Waals surface area contributed by atoms with Crippen molar-refractivity contribution in [1.29, 1.82) is 0 Å². The van der Waals surface area contributed by atoms with E-state index in [0.717, 1.165) is 0 Å². The molecule has 0 saturated carbocycles. The first-order chi connectivity index (χ1) is 9.26. The van der Waals surface area contributed by atoms with E-state index in [-0.39, 0.29) is 0 Å². The third kappa shape index (κ3) is 3.65. The van der Waals surface area contributed by atoms with E-state index in [2.05, 4.69) is 4.98 Å². The summed E-state index contributed by atoms with van der Waals surface area (Å²) >= 11 is 0. The summed E-state index contributed by atoms with van der Waals surface area (Å²) in [5, 5.41) is 0. The summed E-state index contributed by atoms with van der Waals surface area (Å²) in [5.74, 6) is 0. The van der Waals surface area contributed by atoms with Crippen molar-refractivity contribution in [3.63, 3.8) is 0 Å². The van der Waals surface area contributed by atoms with Gasteiger partial charge in [0.05, 0.1) is 0 Å². The molecule has 0 bridgehead atoms. The predicted octanol–water partition coefficient (Wildman–Crippen LogP) is -0.368. The van der Waals surface area contributed by atoms with Crippen LogP contribution in [-0.4, -0.2) is 32.0 Å². The second-order valence-electron chi connectivity index (χ2n) is 4.54. The summed E-state index contributed by atoms with van der Waals surface area (Å²) in [5.41, 5.74) is -0.687. The molecule has 10 heteroatoms. The predicted molar refractivity (Wildman–Crippen MR) is 67.2 cm³/mol. The van der Waals surface area contributed by atoms with Crippen LogP contribution in [0.5, 0.6) is 0 Å². The summed E-state index contributed by atoms with van der Waals surface area (Å²) in [7, 11) is -4.25. The highest BCUT2D eigenvalue weighted by molar-refractivity contribution is 7.51. The van der Waals surface area contributed by atoms with Crippen molar-refractivity contribution in [3.8, 4) is 0 Å².